The van der Waals surface area contributed by atoms with E-state index in [1.165, 1.54) is 11.3 Å². The van der Waals surface area contributed by atoms with Gasteiger partial charge in [-0.2, -0.15) is 11.3 Å². The summed E-state index contributed by atoms with van der Waals surface area (Å²) in [6.45, 7) is 5.29. The first kappa shape index (κ1) is 11.5. The summed E-state index contributed by atoms with van der Waals surface area (Å²) in [5.74, 6) is -1.05. The molecule has 86 valence electrons. The number of rotatable bonds is 1. The number of carbonyl (C=O) groups is 1. The largest absolute Gasteiger partial charge is 0.456 e. The molecule has 0 bridgehead atoms. The molecule has 2 rings (SSSR count). The standard InChI is InChI=1S/C11H11FO2S2/c1-11(2,3)14-10(13)9-8(12)6-4-15-5-7(6)16-9/h4-5H,1-3H3. The van der Waals surface area contributed by atoms with Crippen molar-refractivity contribution >= 4 is 38.7 Å². The number of esters is 1. The van der Waals surface area contributed by atoms with E-state index in [-0.39, 0.29) is 4.88 Å². The van der Waals surface area contributed by atoms with Gasteiger partial charge in [0.1, 0.15) is 10.5 Å². The van der Waals surface area contributed by atoms with Gasteiger partial charge in [-0.1, -0.05) is 0 Å². The lowest BCUT2D eigenvalue weighted by atomic mass is 10.2. The Morgan fingerprint density at radius 2 is 2.06 bits per heavy atom. The summed E-state index contributed by atoms with van der Waals surface area (Å²) in [6.07, 6.45) is 0. The van der Waals surface area contributed by atoms with Gasteiger partial charge in [0, 0.05) is 20.8 Å². The Bertz CT molecular complexity index is 534. The lowest BCUT2D eigenvalue weighted by molar-refractivity contribution is 0.00711. The zero-order chi connectivity index (χ0) is 11.9. The van der Waals surface area contributed by atoms with Crippen LogP contribution in [0, 0.1) is 5.82 Å². The van der Waals surface area contributed by atoms with E-state index in [0.29, 0.717) is 5.39 Å². The summed E-state index contributed by atoms with van der Waals surface area (Å²) in [6, 6.07) is 0. The predicted octanol–water partition coefficient (Wildman–Crippen LogP) is 4.06. The van der Waals surface area contributed by atoms with E-state index in [9.17, 15) is 9.18 Å². The molecule has 0 unspecified atom stereocenters. The number of thiophene rings is 2. The third-order valence-corrected chi connectivity index (χ3v) is 3.86. The Labute approximate surface area is 101 Å². The van der Waals surface area contributed by atoms with Crippen molar-refractivity contribution in [1.82, 2.24) is 0 Å². The van der Waals surface area contributed by atoms with Gasteiger partial charge < -0.3 is 4.74 Å². The van der Waals surface area contributed by atoms with Gasteiger partial charge in [-0.25, -0.2) is 9.18 Å². The summed E-state index contributed by atoms with van der Waals surface area (Å²) < 4.78 is 19.7. The van der Waals surface area contributed by atoms with Crippen molar-refractivity contribution in [1.29, 1.82) is 0 Å². The normalized spacial score (nSPS) is 12.0. The van der Waals surface area contributed by atoms with Crippen LogP contribution < -0.4 is 0 Å². The number of halogens is 1. The van der Waals surface area contributed by atoms with Crippen LogP contribution >= 0.6 is 22.7 Å². The molecular weight excluding hydrogens is 247 g/mol. The maximum absolute atomic E-state index is 13.8. The van der Waals surface area contributed by atoms with Gasteiger partial charge in [-0.05, 0) is 20.8 Å². The second-order valence-corrected chi connectivity index (χ2v) is 6.19. The first-order chi connectivity index (χ1) is 7.38. The Morgan fingerprint density at radius 1 is 1.38 bits per heavy atom. The van der Waals surface area contributed by atoms with Gasteiger partial charge >= 0.3 is 5.97 Å². The fourth-order valence-electron chi connectivity index (χ4n) is 1.26. The van der Waals surface area contributed by atoms with Crippen molar-refractivity contribution in [3.05, 3.63) is 21.5 Å². The van der Waals surface area contributed by atoms with Crippen molar-refractivity contribution in [2.75, 3.05) is 0 Å². The summed E-state index contributed by atoms with van der Waals surface area (Å²) in [5.41, 5.74) is -0.597. The summed E-state index contributed by atoms with van der Waals surface area (Å²) >= 11 is 2.57. The molecule has 0 saturated heterocycles. The third kappa shape index (κ3) is 2.10. The van der Waals surface area contributed by atoms with Crippen LogP contribution in [0.25, 0.3) is 10.1 Å². The predicted molar refractivity (Wildman–Crippen MR) is 64.8 cm³/mol. The quantitative estimate of drug-likeness (QED) is 0.721. The molecule has 2 nitrogen and oxygen atoms in total. The maximum Gasteiger partial charge on any atom is 0.351 e. The number of hydrogen-bond donors (Lipinski definition) is 0. The van der Waals surface area contributed by atoms with Crippen LogP contribution in [-0.4, -0.2) is 11.6 Å². The average Bonchev–Trinajstić information content (AvgIpc) is 2.66. The van der Waals surface area contributed by atoms with Crippen LogP contribution in [-0.2, 0) is 4.74 Å². The molecule has 0 N–H and O–H groups in total. The molecule has 0 aliphatic carbocycles. The first-order valence-corrected chi connectivity index (χ1v) is 6.52. The number of carbonyl (C=O) groups excluding carboxylic acids is 1. The van der Waals surface area contributed by atoms with E-state index in [4.69, 9.17) is 4.74 Å². The van der Waals surface area contributed by atoms with Crippen LogP contribution in [0.3, 0.4) is 0 Å². The van der Waals surface area contributed by atoms with Crippen LogP contribution in [0.4, 0.5) is 4.39 Å². The first-order valence-electron chi connectivity index (χ1n) is 4.76. The topological polar surface area (TPSA) is 26.3 Å². The number of hydrogen-bond acceptors (Lipinski definition) is 4. The molecule has 0 aliphatic rings. The van der Waals surface area contributed by atoms with Crippen LogP contribution in [0.1, 0.15) is 30.4 Å². The fraction of sp³-hybridized carbons (Fsp3) is 0.364. The summed E-state index contributed by atoms with van der Waals surface area (Å²) in [5, 5.41) is 4.04. The lowest BCUT2D eigenvalue weighted by Gasteiger charge is -2.18. The van der Waals surface area contributed by atoms with E-state index in [0.717, 1.165) is 16.0 Å². The second kappa shape index (κ2) is 3.82. The molecule has 0 aromatic carbocycles. The molecule has 16 heavy (non-hydrogen) atoms. The van der Waals surface area contributed by atoms with Gasteiger partial charge in [0.15, 0.2) is 5.82 Å². The summed E-state index contributed by atoms with van der Waals surface area (Å²) in [7, 11) is 0. The molecule has 0 amide bonds. The minimum absolute atomic E-state index is 0.0627. The zero-order valence-corrected chi connectivity index (χ0v) is 10.8. The minimum atomic E-state index is -0.597. The van der Waals surface area contributed by atoms with E-state index in [1.54, 1.807) is 26.2 Å². The Balaban J connectivity index is 2.36. The molecule has 2 aromatic rings. The number of fused-ring (bicyclic) bond motifs is 1. The van der Waals surface area contributed by atoms with Crippen LogP contribution in [0.15, 0.2) is 10.8 Å². The molecular formula is C11H11FO2S2. The van der Waals surface area contributed by atoms with Crippen LogP contribution in [0.2, 0.25) is 0 Å². The molecule has 2 heterocycles. The molecule has 0 saturated carbocycles. The minimum Gasteiger partial charge on any atom is -0.456 e. The number of ether oxygens (including phenoxy) is 1. The van der Waals surface area contributed by atoms with Gasteiger partial charge in [0.2, 0.25) is 0 Å². The SMILES string of the molecule is CC(C)(C)OC(=O)c1sc2cscc2c1F. The highest BCUT2D eigenvalue weighted by Crippen LogP contribution is 2.33. The zero-order valence-electron chi connectivity index (χ0n) is 9.17. The van der Waals surface area contributed by atoms with Crippen molar-refractivity contribution in [2.45, 2.75) is 26.4 Å². The highest BCUT2D eigenvalue weighted by molar-refractivity contribution is 7.24. The molecule has 0 aliphatic heterocycles. The molecule has 0 fully saturated rings. The highest BCUT2D eigenvalue weighted by atomic mass is 32.1. The van der Waals surface area contributed by atoms with Gasteiger partial charge in [0.25, 0.3) is 0 Å². The molecule has 2 aromatic heterocycles. The van der Waals surface area contributed by atoms with E-state index >= 15 is 0 Å². The molecule has 0 radical (unpaired) electrons. The Hall–Kier alpha value is -0.940. The lowest BCUT2D eigenvalue weighted by Crippen LogP contribution is -2.23. The van der Waals surface area contributed by atoms with E-state index in [1.807, 2.05) is 5.38 Å². The van der Waals surface area contributed by atoms with Gasteiger partial charge in [-0.15, -0.1) is 11.3 Å². The van der Waals surface area contributed by atoms with Crippen molar-refractivity contribution in [3.8, 4) is 0 Å². The molecule has 0 atom stereocenters. The summed E-state index contributed by atoms with van der Waals surface area (Å²) in [4.78, 5) is 11.8. The third-order valence-electron chi connectivity index (χ3n) is 1.86. The monoisotopic (exact) mass is 258 g/mol. The second-order valence-electron chi connectivity index (χ2n) is 4.40. The Morgan fingerprint density at radius 3 is 2.62 bits per heavy atom. The molecule has 5 heteroatoms. The maximum atomic E-state index is 13.8. The van der Waals surface area contributed by atoms with Gasteiger partial charge in [-0.3, -0.25) is 0 Å². The van der Waals surface area contributed by atoms with Crippen molar-refractivity contribution < 1.29 is 13.9 Å². The van der Waals surface area contributed by atoms with Crippen molar-refractivity contribution in [2.24, 2.45) is 0 Å². The average molecular weight is 258 g/mol. The Kier molecular flexibility index (Phi) is 2.75. The van der Waals surface area contributed by atoms with Crippen molar-refractivity contribution in [3.63, 3.8) is 0 Å². The molecule has 0 spiro atoms. The van der Waals surface area contributed by atoms with Crippen LogP contribution in [0.5, 0.6) is 0 Å². The highest BCUT2D eigenvalue weighted by Gasteiger charge is 2.24. The van der Waals surface area contributed by atoms with E-state index < -0.39 is 17.4 Å². The van der Waals surface area contributed by atoms with E-state index in [2.05, 4.69) is 0 Å². The smallest absolute Gasteiger partial charge is 0.351 e. The fourth-order valence-corrected chi connectivity index (χ4v) is 3.18. The van der Waals surface area contributed by atoms with Gasteiger partial charge in [0.05, 0.1) is 0 Å².